The number of ether oxygens (including phenoxy) is 2. The highest BCUT2D eigenvalue weighted by molar-refractivity contribution is 14.0. The fourth-order valence-electron chi connectivity index (χ4n) is 3.81. The van der Waals surface area contributed by atoms with Crippen molar-refractivity contribution in [1.82, 2.24) is 25.4 Å². The number of halogens is 1. The summed E-state index contributed by atoms with van der Waals surface area (Å²) in [4.78, 5) is 4.79. The molecule has 32 heavy (non-hydrogen) atoms. The first-order chi connectivity index (χ1) is 15.0. The van der Waals surface area contributed by atoms with Crippen molar-refractivity contribution in [3.05, 3.63) is 41.5 Å². The summed E-state index contributed by atoms with van der Waals surface area (Å²) in [6, 6.07) is 8.19. The van der Waals surface area contributed by atoms with Crippen LogP contribution >= 0.6 is 24.0 Å². The van der Waals surface area contributed by atoms with Gasteiger partial charge < -0.3 is 24.7 Å². The van der Waals surface area contributed by atoms with Gasteiger partial charge in [0, 0.05) is 33.9 Å². The van der Waals surface area contributed by atoms with Gasteiger partial charge in [-0.2, -0.15) is 0 Å². The van der Waals surface area contributed by atoms with Crippen LogP contribution < -0.4 is 15.4 Å². The number of aromatic nitrogens is 3. The van der Waals surface area contributed by atoms with Crippen LogP contribution in [0.25, 0.3) is 0 Å². The molecule has 2 N–H and O–H groups in total. The molecular weight excluding hydrogens is 519 g/mol. The number of nitrogens with one attached hydrogen (secondary N) is 2. The van der Waals surface area contributed by atoms with Crippen molar-refractivity contribution in [1.29, 1.82) is 0 Å². The van der Waals surface area contributed by atoms with Gasteiger partial charge in [0.1, 0.15) is 18.1 Å². The predicted octanol–water partition coefficient (Wildman–Crippen LogP) is 3.23. The number of hydrogen-bond donors (Lipinski definition) is 2. The smallest absolute Gasteiger partial charge is 0.191 e. The first kappa shape index (κ1) is 26.4. The third-order valence-corrected chi connectivity index (χ3v) is 6.31. The van der Waals surface area contributed by atoms with Crippen LogP contribution in [0.5, 0.6) is 5.75 Å². The van der Waals surface area contributed by atoms with Crippen LogP contribution in [0.3, 0.4) is 0 Å². The lowest BCUT2D eigenvalue weighted by molar-refractivity contribution is 0.0732. The van der Waals surface area contributed by atoms with Gasteiger partial charge in [-0.05, 0) is 55.7 Å². The van der Waals surface area contributed by atoms with Crippen molar-refractivity contribution in [3.8, 4) is 5.75 Å². The van der Waals surface area contributed by atoms with Gasteiger partial charge in [0.2, 0.25) is 0 Å². The highest BCUT2D eigenvalue weighted by Crippen LogP contribution is 2.43. The molecule has 1 saturated carbocycles. The summed E-state index contributed by atoms with van der Waals surface area (Å²) in [5, 5.41) is 15.4. The monoisotopic (exact) mass is 556 g/mol. The molecule has 0 atom stereocenters. The molecule has 1 aliphatic carbocycles. The molecule has 9 heteroatoms. The topological polar surface area (TPSA) is 85.6 Å². The van der Waals surface area contributed by atoms with E-state index in [1.165, 1.54) is 24.8 Å². The molecule has 8 nitrogen and oxygen atoms in total. The molecule has 0 aliphatic heterocycles. The first-order valence-electron chi connectivity index (χ1n) is 11.0. The lowest BCUT2D eigenvalue weighted by Crippen LogP contribution is -2.47. The fourth-order valence-corrected chi connectivity index (χ4v) is 3.81. The van der Waals surface area contributed by atoms with Crippen LogP contribution in [0.4, 0.5) is 0 Å². The fraction of sp³-hybridized carbons (Fsp3) is 0.609. The van der Waals surface area contributed by atoms with Crippen molar-refractivity contribution < 1.29 is 9.47 Å². The average molecular weight is 556 g/mol. The molecule has 0 unspecified atom stereocenters. The van der Waals surface area contributed by atoms with E-state index in [2.05, 4.69) is 33.0 Å². The Kier molecular flexibility index (Phi) is 10.7. The predicted molar refractivity (Wildman–Crippen MR) is 138 cm³/mol. The molecule has 178 valence electrons. The summed E-state index contributed by atoms with van der Waals surface area (Å²) in [6.07, 6.45) is 5.76. The third-order valence-electron chi connectivity index (χ3n) is 6.31. The lowest BCUT2D eigenvalue weighted by atomic mass is 9.67. The molecule has 0 spiro atoms. The van der Waals surface area contributed by atoms with Crippen molar-refractivity contribution in [2.45, 2.75) is 45.6 Å². The number of hydrogen-bond acceptors (Lipinski definition) is 5. The number of aryl methyl sites for hydroxylation is 1. The van der Waals surface area contributed by atoms with Crippen LogP contribution in [0, 0.1) is 12.3 Å². The second-order valence-corrected chi connectivity index (χ2v) is 8.36. The number of nitrogens with zero attached hydrogens (tertiary/aromatic N) is 4. The summed E-state index contributed by atoms with van der Waals surface area (Å²) in [7, 11) is 5.43. The summed E-state index contributed by atoms with van der Waals surface area (Å²) >= 11 is 0. The molecule has 0 amide bonds. The van der Waals surface area contributed by atoms with Crippen LogP contribution in [0.15, 0.2) is 29.3 Å². The average Bonchev–Trinajstić information content (AvgIpc) is 3.08. The molecule has 1 heterocycles. The van der Waals surface area contributed by atoms with Gasteiger partial charge >= 0.3 is 0 Å². The molecule has 0 radical (unpaired) electrons. The largest absolute Gasteiger partial charge is 0.497 e. The van der Waals surface area contributed by atoms with Gasteiger partial charge in [-0.3, -0.25) is 0 Å². The van der Waals surface area contributed by atoms with E-state index in [4.69, 9.17) is 14.5 Å². The molecule has 0 saturated heterocycles. The molecule has 2 aromatic rings. The van der Waals surface area contributed by atoms with Gasteiger partial charge in [-0.25, -0.2) is 4.99 Å². The summed E-state index contributed by atoms with van der Waals surface area (Å²) in [5.41, 5.74) is 1.57. The zero-order valence-corrected chi connectivity index (χ0v) is 22.0. The minimum atomic E-state index is 0. The number of guanidine groups is 1. The van der Waals surface area contributed by atoms with Crippen molar-refractivity contribution in [2.75, 3.05) is 33.9 Å². The van der Waals surface area contributed by atoms with E-state index in [-0.39, 0.29) is 24.0 Å². The van der Waals surface area contributed by atoms with E-state index >= 15 is 0 Å². The van der Waals surface area contributed by atoms with Gasteiger partial charge in [0.05, 0.1) is 7.11 Å². The van der Waals surface area contributed by atoms with E-state index in [1.807, 2.05) is 30.7 Å². The highest BCUT2D eigenvalue weighted by Gasteiger charge is 2.36. The normalized spacial score (nSPS) is 14.9. The second-order valence-electron chi connectivity index (χ2n) is 8.36. The van der Waals surface area contributed by atoms with Crippen LogP contribution in [0.2, 0.25) is 0 Å². The summed E-state index contributed by atoms with van der Waals surface area (Å²) < 4.78 is 12.5. The Balaban J connectivity index is 0.00000363. The minimum absolute atomic E-state index is 0. The number of methoxy groups -OCH3 is 2. The minimum Gasteiger partial charge on any atom is -0.497 e. The Bertz CT molecular complexity index is 849. The molecule has 0 bridgehead atoms. The zero-order chi connectivity index (χ0) is 22.1. The Morgan fingerprint density at radius 3 is 2.47 bits per heavy atom. The second kappa shape index (κ2) is 13.0. The highest BCUT2D eigenvalue weighted by atomic mass is 127. The Labute approximate surface area is 208 Å². The number of aliphatic imine (C=N–C) groups is 1. The standard InChI is InChI=1S/C23H36N6O2.HI/c1-18-27-28-21(29(18)2)16-25-22(26-17-23(11-5-12-23)13-15-30-3)24-14-10-19-6-8-20(31-4)9-7-19;/h6-9H,5,10-17H2,1-4H3,(H2,24,25,26);1H. The Hall–Kier alpha value is -1.88. The van der Waals surface area contributed by atoms with E-state index in [9.17, 15) is 0 Å². The van der Waals surface area contributed by atoms with Crippen molar-refractivity contribution >= 4 is 29.9 Å². The maximum atomic E-state index is 5.33. The Morgan fingerprint density at radius 2 is 1.91 bits per heavy atom. The first-order valence-corrected chi connectivity index (χ1v) is 11.0. The van der Waals surface area contributed by atoms with Gasteiger partial charge in [0.15, 0.2) is 11.8 Å². The van der Waals surface area contributed by atoms with Crippen LogP contribution in [0.1, 0.15) is 42.9 Å². The quantitative estimate of drug-likeness (QED) is 0.251. The SMILES string of the molecule is COCCC1(CNC(=NCc2nnc(C)n2C)NCCc2ccc(OC)cc2)CCC1.I. The van der Waals surface area contributed by atoms with Gasteiger partial charge in [-0.15, -0.1) is 34.2 Å². The molecule has 1 aliphatic rings. The number of benzene rings is 1. The molecule has 1 aromatic carbocycles. The molecule has 3 rings (SSSR count). The van der Waals surface area contributed by atoms with Crippen LogP contribution in [-0.2, 0) is 24.8 Å². The summed E-state index contributed by atoms with van der Waals surface area (Å²) in [5.74, 6) is 3.44. The number of rotatable bonds is 11. The van der Waals surface area contributed by atoms with E-state index in [0.717, 1.165) is 55.9 Å². The van der Waals surface area contributed by atoms with Crippen LogP contribution in [-0.4, -0.2) is 54.6 Å². The van der Waals surface area contributed by atoms with Gasteiger partial charge in [-0.1, -0.05) is 18.6 Å². The van der Waals surface area contributed by atoms with E-state index < -0.39 is 0 Å². The maximum Gasteiger partial charge on any atom is 0.191 e. The lowest BCUT2D eigenvalue weighted by Gasteiger charge is -2.42. The molecular formula is C23H37IN6O2. The van der Waals surface area contributed by atoms with E-state index in [0.29, 0.717) is 12.0 Å². The third kappa shape index (κ3) is 7.33. The van der Waals surface area contributed by atoms with Gasteiger partial charge in [0.25, 0.3) is 0 Å². The zero-order valence-electron chi connectivity index (χ0n) is 19.7. The van der Waals surface area contributed by atoms with Crippen molar-refractivity contribution in [2.24, 2.45) is 17.5 Å². The Morgan fingerprint density at radius 1 is 1.16 bits per heavy atom. The molecule has 1 fully saturated rings. The van der Waals surface area contributed by atoms with E-state index in [1.54, 1.807) is 14.2 Å². The maximum absolute atomic E-state index is 5.33. The van der Waals surface area contributed by atoms with Crippen molar-refractivity contribution in [3.63, 3.8) is 0 Å². The summed E-state index contributed by atoms with van der Waals surface area (Å²) in [6.45, 7) is 4.93. The molecule has 1 aromatic heterocycles.